The van der Waals surface area contributed by atoms with Gasteiger partial charge in [0.2, 0.25) is 9.84 Å². The number of epoxide rings is 1. The average Bonchev–Trinajstić information content (AvgIpc) is 3.61. The average molecular weight is 463 g/mol. The lowest BCUT2D eigenvalue weighted by molar-refractivity contribution is -0.139. The van der Waals surface area contributed by atoms with Crippen molar-refractivity contribution in [3.63, 3.8) is 0 Å². The number of carbonyl (C=O) groups is 1. The SMILES string of the molecule is C=C(C)C(=O)OCCOc1ccc(S(=O)(=O)c2ccc(OCCOCC3CO3)cc2)cc1. The maximum absolute atomic E-state index is 12.8. The first kappa shape index (κ1) is 23.8. The van der Waals surface area contributed by atoms with Crippen molar-refractivity contribution in [2.45, 2.75) is 22.8 Å². The fraction of sp³-hybridized carbons (Fsp3) is 0.348. The summed E-state index contributed by atoms with van der Waals surface area (Å²) >= 11 is 0. The van der Waals surface area contributed by atoms with Crippen LogP contribution in [0.25, 0.3) is 0 Å². The molecule has 0 N–H and O–H groups in total. The molecule has 3 rings (SSSR count). The van der Waals surface area contributed by atoms with E-state index in [2.05, 4.69) is 6.58 Å². The van der Waals surface area contributed by atoms with Gasteiger partial charge in [-0.1, -0.05) is 6.58 Å². The van der Waals surface area contributed by atoms with Crippen LogP contribution in [0.4, 0.5) is 0 Å². The molecule has 0 aromatic heterocycles. The first-order valence-corrected chi connectivity index (χ1v) is 11.6. The van der Waals surface area contributed by atoms with E-state index in [-0.39, 0.29) is 29.1 Å². The third-order valence-electron chi connectivity index (χ3n) is 4.40. The van der Waals surface area contributed by atoms with Crippen molar-refractivity contribution in [3.05, 3.63) is 60.7 Å². The van der Waals surface area contributed by atoms with Gasteiger partial charge in [-0.05, 0) is 55.5 Å². The third-order valence-corrected chi connectivity index (χ3v) is 6.19. The van der Waals surface area contributed by atoms with Crippen LogP contribution in [0.5, 0.6) is 11.5 Å². The number of hydrogen-bond donors (Lipinski definition) is 0. The lowest BCUT2D eigenvalue weighted by Crippen LogP contribution is -2.12. The van der Waals surface area contributed by atoms with Gasteiger partial charge in [-0.2, -0.15) is 0 Å². The Balaban J connectivity index is 1.48. The van der Waals surface area contributed by atoms with Crippen LogP contribution in [-0.2, 0) is 28.8 Å². The predicted octanol–water partition coefficient (Wildman–Crippen LogP) is 2.81. The number of sulfone groups is 1. The van der Waals surface area contributed by atoms with Crippen LogP contribution >= 0.6 is 0 Å². The summed E-state index contributed by atoms with van der Waals surface area (Å²) in [4.78, 5) is 11.6. The first-order valence-electron chi connectivity index (χ1n) is 10.1. The minimum Gasteiger partial charge on any atom is -0.491 e. The van der Waals surface area contributed by atoms with Crippen LogP contribution in [0.2, 0.25) is 0 Å². The van der Waals surface area contributed by atoms with E-state index < -0.39 is 15.8 Å². The van der Waals surface area contributed by atoms with E-state index in [1.165, 1.54) is 24.3 Å². The fourth-order valence-corrected chi connectivity index (χ4v) is 3.84. The molecule has 0 spiro atoms. The molecule has 8 nitrogen and oxygen atoms in total. The lowest BCUT2D eigenvalue weighted by Gasteiger charge is -2.10. The molecule has 1 atom stereocenters. The molecule has 0 bridgehead atoms. The van der Waals surface area contributed by atoms with E-state index >= 15 is 0 Å². The molecule has 1 aliphatic rings. The van der Waals surface area contributed by atoms with Gasteiger partial charge >= 0.3 is 5.97 Å². The van der Waals surface area contributed by atoms with Crippen molar-refractivity contribution in [1.29, 1.82) is 0 Å². The molecule has 2 aromatic rings. The van der Waals surface area contributed by atoms with Gasteiger partial charge in [-0.15, -0.1) is 0 Å². The highest BCUT2D eigenvalue weighted by molar-refractivity contribution is 7.91. The Bertz CT molecular complexity index is 1010. The number of esters is 1. The molecule has 0 radical (unpaired) electrons. The molecule has 9 heteroatoms. The van der Waals surface area contributed by atoms with Gasteiger partial charge in [0.1, 0.15) is 37.4 Å². The second-order valence-electron chi connectivity index (χ2n) is 7.09. The summed E-state index contributed by atoms with van der Waals surface area (Å²) in [6.07, 6.45) is 0.214. The lowest BCUT2D eigenvalue weighted by atomic mass is 10.3. The van der Waals surface area contributed by atoms with Gasteiger partial charge < -0.3 is 23.7 Å². The third kappa shape index (κ3) is 7.08. The summed E-state index contributed by atoms with van der Waals surface area (Å²) in [6, 6.07) is 12.3. The largest absolute Gasteiger partial charge is 0.491 e. The Kier molecular flexibility index (Phi) is 8.26. The number of hydrogen-bond acceptors (Lipinski definition) is 8. The van der Waals surface area contributed by atoms with E-state index in [0.717, 1.165) is 6.61 Å². The minimum atomic E-state index is -3.68. The zero-order chi connectivity index (χ0) is 23.0. The molecule has 0 amide bonds. The molecule has 1 heterocycles. The number of rotatable bonds is 13. The smallest absolute Gasteiger partial charge is 0.333 e. The van der Waals surface area contributed by atoms with Gasteiger partial charge in [0.05, 0.1) is 29.6 Å². The van der Waals surface area contributed by atoms with Crippen molar-refractivity contribution < 1.29 is 36.9 Å². The predicted molar refractivity (Wildman–Crippen MR) is 116 cm³/mol. The highest BCUT2D eigenvalue weighted by atomic mass is 32.2. The number of ether oxygens (including phenoxy) is 5. The highest BCUT2D eigenvalue weighted by Crippen LogP contribution is 2.25. The summed E-state index contributed by atoms with van der Waals surface area (Å²) in [5, 5.41) is 0. The molecule has 0 saturated carbocycles. The second kappa shape index (κ2) is 11.1. The summed E-state index contributed by atoms with van der Waals surface area (Å²) in [5.41, 5.74) is 0.313. The van der Waals surface area contributed by atoms with Gasteiger partial charge in [0.25, 0.3) is 0 Å². The zero-order valence-electron chi connectivity index (χ0n) is 17.8. The van der Waals surface area contributed by atoms with Crippen molar-refractivity contribution in [1.82, 2.24) is 0 Å². The van der Waals surface area contributed by atoms with E-state index in [4.69, 9.17) is 23.7 Å². The van der Waals surface area contributed by atoms with Crippen molar-refractivity contribution >= 4 is 15.8 Å². The van der Waals surface area contributed by atoms with E-state index in [1.807, 2.05) is 0 Å². The van der Waals surface area contributed by atoms with Crippen LogP contribution in [0, 0.1) is 0 Å². The van der Waals surface area contributed by atoms with Crippen molar-refractivity contribution in [2.24, 2.45) is 0 Å². The Labute approximate surface area is 187 Å². The van der Waals surface area contributed by atoms with Gasteiger partial charge in [-0.3, -0.25) is 0 Å². The Hall–Kier alpha value is -2.88. The van der Waals surface area contributed by atoms with Crippen LogP contribution in [0.3, 0.4) is 0 Å². The summed E-state index contributed by atoms with van der Waals surface area (Å²) in [5.74, 6) is 0.546. The van der Waals surface area contributed by atoms with Crippen LogP contribution in [0.1, 0.15) is 6.92 Å². The minimum absolute atomic E-state index is 0.0707. The van der Waals surface area contributed by atoms with Crippen LogP contribution in [0.15, 0.2) is 70.5 Å². The van der Waals surface area contributed by atoms with Gasteiger partial charge in [0.15, 0.2) is 0 Å². The summed E-state index contributed by atoms with van der Waals surface area (Å²) in [7, 11) is -3.68. The summed E-state index contributed by atoms with van der Waals surface area (Å²) < 4.78 is 52.1. The fourth-order valence-electron chi connectivity index (χ4n) is 2.58. The summed E-state index contributed by atoms with van der Waals surface area (Å²) in [6.45, 7) is 7.38. The monoisotopic (exact) mass is 462 g/mol. The molecule has 2 aromatic carbocycles. The van der Waals surface area contributed by atoms with Crippen molar-refractivity contribution in [2.75, 3.05) is 39.6 Å². The molecule has 1 aliphatic heterocycles. The molecule has 1 saturated heterocycles. The molecule has 1 unspecified atom stereocenters. The van der Waals surface area contributed by atoms with Crippen LogP contribution in [-0.4, -0.2) is 60.1 Å². The standard InChI is InChI=1S/C23H26O8S/c1-17(2)23(24)30-14-13-29-19-5-9-22(10-6-19)32(25,26)21-7-3-18(4-8-21)28-12-11-27-15-20-16-31-20/h3-10,20H,1,11-16H2,2H3. The Morgan fingerprint density at radius 1 is 0.938 bits per heavy atom. The van der Waals surface area contributed by atoms with E-state index in [1.54, 1.807) is 31.2 Å². The Morgan fingerprint density at radius 3 is 1.91 bits per heavy atom. The van der Waals surface area contributed by atoms with Crippen molar-refractivity contribution in [3.8, 4) is 11.5 Å². The number of benzene rings is 2. The van der Waals surface area contributed by atoms with Crippen LogP contribution < -0.4 is 9.47 Å². The zero-order valence-corrected chi connectivity index (χ0v) is 18.6. The highest BCUT2D eigenvalue weighted by Gasteiger charge is 2.22. The van der Waals surface area contributed by atoms with Gasteiger partial charge in [0, 0.05) is 5.57 Å². The normalized spacial score (nSPS) is 15.1. The van der Waals surface area contributed by atoms with E-state index in [0.29, 0.717) is 36.9 Å². The maximum Gasteiger partial charge on any atom is 0.333 e. The molecule has 172 valence electrons. The molecule has 32 heavy (non-hydrogen) atoms. The molecule has 0 aliphatic carbocycles. The van der Waals surface area contributed by atoms with Gasteiger partial charge in [-0.25, -0.2) is 13.2 Å². The topological polar surface area (TPSA) is 101 Å². The Morgan fingerprint density at radius 2 is 1.44 bits per heavy atom. The molecular weight excluding hydrogens is 436 g/mol. The van der Waals surface area contributed by atoms with E-state index in [9.17, 15) is 13.2 Å². The molecule has 1 fully saturated rings. The molecular formula is C23H26O8S. The first-order chi connectivity index (χ1) is 15.4. The quantitative estimate of drug-likeness (QED) is 0.194. The maximum atomic E-state index is 12.8. The second-order valence-corrected chi connectivity index (χ2v) is 9.04. The number of carbonyl (C=O) groups excluding carboxylic acids is 1.